The second-order valence-electron chi connectivity index (χ2n) is 3.35. The van der Waals surface area contributed by atoms with Gasteiger partial charge in [0.1, 0.15) is 0 Å². The van der Waals surface area contributed by atoms with Gasteiger partial charge in [0.2, 0.25) is 5.91 Å². The van der Waals surface area contributed by atoms with Gasteiger partial charge in [-0.05, 0) is 26.0 Å². The Morgan fingerprint density at radius 2 is 2.25 bits per heavy atom. The van der Waals surface area contributed by atoms with Crippen LogP contribution in [0.3, 0.4) is 0 Å². The Morgan fingerprint density at radius 3 is 2.62 bits per heavy atom. The number of nitrogens with zero attached hydrogens (tertiary/aromatic N) is 1. The predicted octanol–water partition coefficient (Wildman–Crippen LogP) is 2.52. The van der Waals surface area contributed by atoms with Crippen molar-refractivity contribution in [3.63, 3.8) is 0 Å². The van der Waals surface area contributed by atoms with E-state index in [1.54, 1.807) is 11.8 Å². The highest BCUT2D eigenvalue weighted by molar-refractivity contribution is 7.16. The van der Waals surface area contributed by atoms with Crippen molar-refractivity contribution in [3.8, 4) is 0 Å². The maximum atomic E-state index is 11.7. The fourth-order valence-corrected chi connectivity index (χ4v) is 2.36. The summed E-state index contributed by atoms with van der Waals surface area (Å²) in [5.41, 5.74) is 5.56. The second-order valence-corrected chi connectivity index (χ2v) is 5.15. The van der Waals surface area contributed by atoms with Crippen LogP contribution in [-0.2, 0) is 11.3 Å². The lowest BCUT2D eigenvalue weighted by Crippen LogP contribution is -2.41. The minimum absolute atomic E-state index is 0. The van der Waals surface area contributed by atoms with E-state index in [0.717, 1.165) is 9.21 Å². The molecular weight excluding hydrogens is 267 g/mol. The van der Waals surface area contributed by atoms with E-state index in [1.807, 2.05) is 19.1 Å². The summed E-state index contributed by atoms with van der Waals surface area (Å²) in [6, 6.07) is 3.33. The average molecular weight is 283 g/mol. The Labute approximate surface area is 111 Å². The van der Waals surface area contributed by atoms with Gasteiger partial charge in [-0.1, -0.05) is 11.6 Å². The summed E-state index contributed by atoms with van der Waals surface area (Å²) in [5, 5.41) is 0. The number of nitrogens with two attached hydrogens (primary N) is 1. The quantitative estimate of drug-likeness (QED) is 0.923. The van der Waals surface area contributed by atoms with E-state index in [0.29, 0.717) is 13.1 Å². The third-order valence-electron chi connectivity index (χ3n) is 2.06. The van der Waals surface area contributed by atoms with Crippen molar-refractivity contribution in [1.82, 2.24) is 4.90 Å². The lowest BCUT2D eigenvalue weighted by atomic mass is 10.3. The van der Waals surface area contributed by atoms with Gasteiger partial charge in [-0.2, -0.15) is 0 Å². The molecule has 1 rings (SSSR count). The lowest BCUT2D eigenvalue weighted by Gasteiger charge is -2.21. The molecule has 1 amide bonds. The molecule has 0 aliphatic heterocycles. The fourth-order valence-electron chi connectivity index (χ4n) is 1.26. The highest BCUT2D eigenvalue weighted by atomic mass is 35.5. The zero-order valence-electron chi connectivity index (χ0n) is 9.27. The standard InChI is InChI=1S/C10H15ClN2OS.ClH/c1-3-13(10(14)7(2)12)6-8-4-5-9(11)15-8;/h4-5,7H,3,6,12H2,1-2H3;1H. The first kappa shape index (κ1) is 15.7. The molecular formula is C10H16Cl2N2OS. The van der Waals surface area contributed by atoms with E-state index in [1.165, 1.54) is 11.3 Å². The summed E-state index contributed by atoms with van der Waals surface area (Å²) in [4.78, 5) is 14.5. The third kappa shape index (κ3) is 4.29. The van der Waals surface area contributed by atoms with Gasteiger partial charge in [-0.3, -0.25) is 4.79 Å². The summed E-state index contributed by atoms with van der Waals surface area (Å²) >= 11 is 7.31. The van der Waals surface area contributed by atoms with Crippen LogP contribution in [0.1, 0.15) is 18.7 Å². The van der Waals surface area contributed by atoms with Gasteiger partial charge in [-0.25, -0.2) is 0 Å². The molecule has 1 aromatic rings. The Morgan fingerprint density at radius 1 is 1.62 bits per heavy atom. The highest BCUT2D eigenvalue weighted by Crippen LogP contribution is 2.22. The Balaban J connectivity index is 0.00000225. The molecule has 0 saturated carbocycles. The molecule has 0 aliphatic rings. The predicted molar refractivity (Wildman–Crippen MR) is 71.3 cm³/mol. The number of rotatable bonds is 4. The van der Waals surface area contributed by atoms with E-state index < -0.39 is 6.04 Å². The summed E-state index contributed by atoms with van der Waals surface area (Å²) in [5.74, 6) is -0.0259. The lowest BCUT2D eigenvalue weighted by molar-refractivity contribution is -0.132. The molecule has 0 aromatic carbocycles. The maximum Gasteiger partial charge on any atom is 0.239 e. The number of thiophene rings is 1. The molecule has 6 heteroatoms. The normalized spacial score (nSPS) is 11.8. The molecule has 0 radical (unpaired) electrons. The van der Waals surface area contributed by atoms with Crippen LogP contribution in [0.25, 0.3) is 0 Å². The topological polar surface area (TPSA) is 46.3 Å². The number of halogens is 2. The second kappa shape index (κ2) is 7.12. The zero-order valence-corrected chi connectivity index (χ0v) is 11.7. The van der Waals surface area contributed by atoms with Crippen molar-refractivity contribution < 1.29 is 4.79 Å². The Hall–Kier alpha value is -0.290. The molecule has 3 nitrogen and oxygen atoms in total. The number of amides is 1. The monoisotopic (exact) mass is 282 g/mol. The van der Waals surface area contributed by atoms with Crippen LogP contribution in [0.5, 0.6) is 0 Å². The highest BCUT2D eigenvalue weighted by Gasteiger charge is 2.16. The van der Waals surface area contributed by atoms with Gasteiger partial charge in [-0.15, -0.1) is 23.7 Å². The molecule has 92 valence electrons. The summed E-state index contributed by atoms with van der Waals surface area (Å²) < 4.78 is 0.745. The van der Waals surface area contributed by atoms with Crippen LogP contribution in [0.4, 0.5) is 0 Å². The van der Waals surface area contributed by atoms with E-state index in [9.17, 15) is 4.79 Å². The summed E-state index contributed by atoms with van der Waals surface area (Å²) in [6.07, 6.45) is 0. The first-order valence-electron chi connectivity index (χ1n) is 4.83. The van der Waals surface area contributed by atoms with Crippen LogP contribution in [0.15, 0.2) is 12.1 Å². The van der Waals surface area contributed by atoms with Gasteiger partial charge in [0.05, 0.1) is 16.9 Å². The molecule has 0 aliphatic carbocycles. The number of hydrogen-bond donors (Lipinski definition) is 1. The fraction of sp³-hybridized carbons (Fsp3) is 0.500. The molecule has 0 fully saturated rings. The van der Waals surface area contributed by atoms with Gasteiger partial charge in [0, 0.05) is 11.4 Å². The van der Waals surface area contributed by atoms with Crippen molar-refractivity contribution in [2.45, 2.75) is 26.4 Å². The van der Waals surface area contributed by atoms with Crippen molar-refractivity contribution in [2.75, 3.05) is 6.54 Å². The first-order valence-corrected chi connectivity index (χ1v) is 6.02. The Kier molecular flexibility index (Phi) is 6.99. The molecule has 1 unspecified atom stereocenters. The smallest absolute Gasteiger partial charge is 0.239 e. The van der Waals surface area contributed by atoms with E-state index >= 15 is 0 Å². The third-order valence-corrected chi connectivity index (χ3v) is 3.27. The SMILES string of the molecule is CCN(Cc1ccc(Cl)s1)C(=O)C(C)N.Cl. The molecule has 1 heterocycles. The van der Waals surface area contributed by atoms with Crippen molar-refractivity contribution >= 4 is 41.3 Å². The minimum Gasteiger partial charge on any atom is -0.336 e. The van der Waals surface area contributed by atoms with Gasteiger partial charge >= 0.3 is 0 Å². The van der Waals surface area contributed by atoms with E-state index in [-0.39, 0.29) is 18.3 Å². The van der Waals surface area contributed by atoms with Crippen molar-refractivity contribution in [1.29, 1.82) is 0 Å². The van der Waals surface area contributed by atoms with Crippen LogP contribution < -0.4 is 5.73 Å². The molecule has 2 N–H and O–H groups in total. The molecule has 1 aromatic heterocycles. The van der Waals surface area contributed by atoms with Crippen LogP contribution in [0, 0.1) is 0 Å². The first-order chi connectivity index (χ1) is 7.04. The Bertz CT molecular complexity index is 341. The largest absolute Gasteiger partial charge is 0.336 e. The molecule has 1 atom stereocenters. The van der Waals surface area contributed by atoms with Crippen molar-refractivity contribution in [2.24, 2.45) is 5.73 Å². The molecule has 0 saturated heterocycles. The van der Waals surface area contributed by atoms with Gasteiger partial charge in [0.15, 0.2) is 0 Å². The zero-order chi connectivity index (χ0) is 11.4. The van der Waals surface area contributed by atoms with Crippen LogP contribution in [0.2, 0.25) is 4.34 Å². The number of carbonyl (C=O) groups excluding carboxylic acids is 1. The number of likely N-dealkylation sites (N-methyl/N-ethyl adjacent to an activating group) is 1. The van der Waals surface area contributed by atoms with E-state index in [4.69, 9.17) is 17.3 Å². The van der Waals surface area contributed by atoms with Crippen LogP contribution in [-0.4, -0.2) is 23.4 Å². The van der Waals surface area contributed by atoms with Gasteiger partial charge in [0.25, 0.3) is 0 Å². The minimum atomic E-state index is -0.444. The van der Waals surface area contributed by atoms with Gasteiger partial charge < -0.3 is 10.6 Å². The van der Waals surface area contributed by atoms with Crippen molar-refractivity contribution in [3.05, 3.63) is 21.3 Å². The number of hydrogen-bond acceptors (Lipinski definition) is 3. The molecule has 0 spiro atoms. The van der Waals surface area contributed by atoms with E-state index in [2.05, 4.69) is 0 Å². The number of carbonyl (C=O) groups is 1. The summed E-state index contributed by atoms with van der Waals surface area (Å²) in [7, 11) is 0. The molecule has 16 heavy (non-hydrogen) atoms. The maximum absolute atomic E-state index is 11.7. The average Bonchev–Trinajstić information content (AvgIpc) is 2.59. The van der Waals surface area contributed by atoms with Crippen LogP contribution >= 0.6 is 35.3 Å². The summed E-state index contributed by atoms with van der Waals surface area (Å²) in [6.45, 7) is 4.89. The molecule has 0 bridgehead atoms.